The minimum Gasteiger partial charge on any atom is -0.361 e. The highest BCUT2D eigenvalue weighted by Gasteiger charge is 2.09. The molecule has 0 saturated heterocycles. The van der Waals surface area contributed by atoms with Gasteiger partial charge in [-0.05, 0) is 24.7 Å². The van der Waals surface area contributed by atoms with E-state index in [2.05, 4.69) is 10.3 Å². The second-order valence-corrected chi connectivity index (χ2v) is 5.84. The molecule has 0 atom stereocenters. The summed E-state index contributed by atoms with van der Waals surface area (Å²) in [5.74, 6) is 0. The summed E-state index contributed by atoms with van der Waals surface area (Å²) in [5.41, 5.74) is 1.99. The van der Waals surface area contributed by atoms with Crippen LogP contribution in [0.25, 0.3) is 10.9 Å². The molecule has 16 heavy (non-hydrogen) atoms. The van der Waals surface area contributed by atoms with Crippen LogP contribution in [0.4, 0.5) is 0 Å². The number of sulfone groups is 1. The molecule has 0 unspecified atom stereocenters. The van der Waals surface area contributed by atoms with Crippen LogP contribution in [-0.4, -0.2) is 26.7 Å². The molecule has 1 heterocycles. The number of fused-ring (bicyclic) bond motifs is 1. The van der Waals surface area contributed by atoms with Crippen molar-refractivity contribution in [3.8, 4) is 0 Å². The maximum atomic E-state index is 11.4. The molecule has 0 fully saturated rings. The number of aromatic nitrogens is 1. The fourth-order valence-electron chi connectivity index (χ4n) is 1.73. The molecule has 2 N–H and O–H groups in total. The van der Waals surface area contributed by atoms with Crippen LogP contribution in [-0.2, 0) is 16.4 Å². The van der Waals surface area contributed by atoms with Crippen molar-refractivity contribution < 1.29 is 8.42 Å². The number of hydrogen-bond acceptors (Lipinski definition) is 3. The second-order valence-electron chi connectivity index (χ2n) is 3.82. The van der Waals surface area contributed by atoms with E-state index >= 15 is 0 Å². The molecule has 0 aliphatic rings. The number of aromatic amines is 1. The van der Waals surface area contributed by atoms with Crippen molar-refractivity contribution in [3.63, 3.8) is 0 Å². The van der Waals surface area contributed by atoms with E-state index in [1.807, 2.05) is 19.3 Å². The molecule has 0 amide bonds. The molecule has 5 heteroatoms. The minimum absolute atomic E-state index is 0.345. The zero-order valence-corrected chi connectivity index (χ0v) is 10.1. The molecule has 0 saturated carbocycles. The first-order valence-electron chi connectivity index (χ1n) is 4.97. The summed E-state index contributed by atoms with van der Waals surface area (Å²) in [5, 5.41) is 4.13. The van der Waals surface area contributed by atoms with Crippen LogP contribution >= 0.6 is 0 Å². The van der Waals surface area contributed by atoms with Crippen LogP contribution in [0.2, 0.25) is 0 Å². The van der Waals surface area contributed by atoms with Gasteiger partial charge in [0, 0.05) is 29.9 Å². The van der Waals surface area contributed by atoms with E-state index in [4.69, 9.17) is 0 Å². The quantitative estimate of drug-likeness (QED) is 0.847. The lowest BCUT2D eigenvalue weighted by Gasteiger charge is -2.00. The number of hydrogen-bond donors (Lipinski definition) is 2. The summed E-state index contributed by atoms with van der Waals surface area (Å²) in [6.45, 7) is 0.762. The van der Waals surface area contributed by atoms with Crippen molar-refractivity contribution in [1.29, 1.82) is 0 Å². The summed E-state index contributed by atoms with van der Waals surface area (Å²) in [6.07, 6.45) is 3.11. The van der Waals surface area contributed by atoms with E-state index in [0.29, 0.717) is 4.90 Å². The Hall–Kier alpha value is -1.33. The Kier molecular flexibility index (Phi) is 2.73. The Morgan fingerprint density at radius 2 is 2.12 bits per heavy atom. The first kappa shape index (κ1) is 11.2. The number of nitrogens with one attached hydrogen (secondary N) is 2. The zero-order valence-electron chi connectivity index (χ0n) is 9.24. The van der Waals surface area contributed by atoms with Gasteiger partial charge in [-0.25, -0.2) is 8.42 Å². The molecule has 2 aromatic rings. The van der Waals surface area contributed by atoms with Gasteiger partial charge in [-0.2, -0.15) is 0 Å². The van der Waals surface area contributed by atoms with Crippen molar-refractivity contribution >= 4 is 20.7 Å². The Bertz CT molecular complexity index is 614. The van der Waals surface area contributed by atoms with E-state index in [1.165, 1.54) is 6.26 Å². The van der Waals surface area contributed by atoms with Gasteiger partial charge < -0.3 is 10.3 Å². The summed E-state index contributed by atoms with van der Waals surface area (Å²) < 4.78 is 22.8. The first-order valence-corrected chi connectivity index (χ1v) is 6.86. The standard InChI is InChI=1S/C11H14N2O2S/c1-12-6-8-7-13-11-5-9(16(2,14)15)3-4-10(8)11/h3-5,7,12-13H,6H2,1-2H3. The fraction of sp³-hybridized carbons (Fsp3) is 0.273. The SMILES string of the molecule is CNCc1c[nH]c2cc(S(C)(=O)=O)ccc12. The smallest absolute Gasteiger partial charge is 0.175 e. The van der Waals surface area contributed by atoms with Crippen molar-refractivity contribution in [2.24, 2.45) is 0 Å². The zero-order chi connectivity index (χ0) is 11.8. The third kappa shape index (κ3) is 1.96. The van der Waals surface area contributed by atoms with Gasteiger partial charge in [0.1, 0.15) is 0 Å². The average molecular weight is 238 g/mol. The maximum absolute atomic E-state index is 11.4. The van der Waals surface area contributed by atoms with E-state index in [0.717, 1.165) is 23.0 Å². The molecule has 1 aromatic heterocycles. The predicted molar refractivity (Wildman–Crippen MR) is 64.2 cm³/mol. The Morgan fingerprint density at radius 3 is 2.75 bits per heavy atom. The van der Waals surface area contributed by atoms with E-state index < -0.39 is 9.84 Å². The Labute approximate surface area is 94.6 Å². The summed E-state index contributed by atoms with van der Waals surface area (Å²) in [4.78, 5) is 3.43. The molecule has 2 rings (SSSR count). The Balaban J connectivity index is 2.58. The third-order valence-electron chi connectivity index (χ3n) is 2.53. The minimum atomic E-state index is -3.13. The first-order chi connectivity index (χ1) is 7.52. The normalized spacial score (nSPS) is 12.1. The van der Waals surface area contributed by atoms with Gasteiger partial charge in [-0.1, -0.05) is 6.07 Å². The summed E-state index contributed by atoms with van der Waals surface area (Å²) >= 11 is 0. The largest absolute Gasteiger partial charge is 0.361 e. The van der Waals surface area contributed by atoms with Gasteiger partial charge in [0.25, 0.3) is 0 Å². The number of benzene rings is 1. The van der Waals surface area contributed by atoms with E-state index in [-0.39, 0.29) is 0 Å². The highest BCUT2D eigenvalue weighted by Crippen LogP contribution is 2.21. The topological polar surface area (TPSA) is 62.0 Å². The molecular formula is C11H14N2O2S. The third-order valence-corrected chi connectivity index (χ3v) is 3.64. The average Bonchev–Trinajstić information content (AvgIpc) is 2.60. The molecule has 86 valence electrons. The second kappa shape index (κ2) is 3.92. The summed E-state index contributed by atoms with van der Waals surface area (Å²) in [7, 11) is -1.25. The monoisotopic (exact) mass is 238 g/mol. The van der Waals surface area contributed by atoms with Crippen LogP contribution < -0.4 is 5.32 Å². The van der Waals surface area contributed by atoms with Crippen LogP contribution in [0, 0.1) is 0 Å². The van der Waals surface area contributed by atoms with Crippen LogP contribution in [0.15, 0.2) is 29.3 Å². The molecule has 0 spiro atoms. The van der Waals surface area contributed by atoms with Gasteiger partial charge in [-0.15, -0.1) is 0 Å². The molecule has 0 radical (unpaired) electrons. The lowest BCUT2D eigenvalue weighted by molar-refractivity contribution is 0.602. The lowest BCUT2D eigenvalue weighted by Crippen LogP contribution is -2.04. The van der Waals surface area contributed by atoms with Gasteiger partial charge in [0.15, 0.2) is 9.84 Å². The predicted octanol–water partition coefficient (Wildman–Crippen LogP) is 1.29. The summed E-state index contributed by atoms with van der Waals surface area (Å²) in [6, 6.07) is 5.16. The van der Waals surface area contributed by atoms with E-state index in [9.17, 15) is 8.42 Å². The van der Waals surface area contributed by atoms with Gasteiger partial charge in [-0.3, -0.25) is 0 Å². The van der Waals surface area contributed by atoms with Crippen molar-refractivity contribution in [1.82, 2.24) is 10.3 Å². The maximum Gasteiger partial charge on any atom is 0.175 e. The van der Waals surface area contributed by atoms with Gasteiger partial charge >= 0.3 is 0 Å². The molecule has 0 bridgehead atoms. The molecule has 0 aliphatic carbocycles. The Morgan fingerprint density at radius 1 is 1.38 bits per heavy atom. The fourth-order valence-corrected chi connectivity index (χ4v) is 2.38. The number of H-pyrrole nitrogens is 1. The molecule has 4 nitrogen and oxygen atoms in total. The van der Waals surface area contributed by atoms with Gasteiger partial charge in [0.2, 0.25) is 0 Å². The molecule has 0 aliphatic heterocycles. The lowest BCUT2D eigenvalue weighted by atomic mass is 10.2. The van der Waals surface area contributed by atoms with Crippen molar-refractivity contribution in [2.45, 2.75) is 11.4 Å². The van der Waals surface area contributed by atoms with Crippen LogP contribution in [0.3, 0.4) is 0 Å². The van der Waals surface area contributed by atoms with Crippen molar-refractivity contribution in [2.75, 3.05) is 13.3 Å². The van der Waals surface area contributed by atoms with Crippen LogP contribution in [0.1, 0.15) is 5.56 Å². The van der Waals surface area contributed by atoms with E-state index in [1.54, 1.807) is 12.1 Å². The molecule has 1 aromatic carbocycles. The highest BCUT2D eigenvalue weighted by molar-refractivity contribution is 7.90. The molecular weight excluding hydrogens is 224 g/mol. The van der Waals surface area contributed by atoms with Crippen LogP contribution in [0.5, 0.6) is 0 Å². The van der Waals surface area contributed by atoms with Crippen molar-refractivity contribution in [3.05, 3.63) is 30.0 Å². The highest BCUT2D eigenvalue weighted by atomic mass is 32.2. The number of rotatable bonds is 3. The van der Waals surface area contributed by atoms with Gasteiger partial charge in [0.05, 0.1) is 4.90 Å².